The Morgan fingerprint density at radius 1 is 1.54 bits per heavy atom. The van der Waals surface area contributed by atoms with Gasteiger partial charge in [-0.05, 0) is 31.5 Å². The van der Waals surface area contributed by atoms with Gasteiger partial charge in [0.1, 0.15) is 11.6 Å². The molecule has 0 bridgehead atoms. The van der Waals surface area contributed by atoms with Gasteiger partial charge in [-0.2, -0.15) is 10.4 Å². The first-order valence-corrected chi connectivity index (χ1v) is 8.11. The van der Waals surface area contributed by atoms with Gasteiger partial charge in [0.2, 0.25) is 5.91 Å². The number of hydrogen-bond acceptors (Lipinski definition) is 4. The molecule has 1 aliphatic rings. The number of halogens is 1. The van der Waals surface area contributed by atoms with Crippen molar-refractivity contribution >= 4 is 23.3 Å². The van der Waals surface area contributed by atoms with Gasteiger partial charge in [-0.1, -0.05) is 11.6 Å². The van der Waals surface area contributed by atoms with Crippen LogP contribution in [0.3, 0.4) is 0 Å². The average Bonchev–Trinajstić information content (AvgIpc) is 2.91. The third-order valence-electron chi connectivity index (χ3n) is 3.92. The fraction of sp³-hybridized carbons (Fsp3) is 0.353. The Morgan fingerprint density at radius 2 is 2.38 bits per heavy atom. The molecule has 0 spiro atoms. The van der Waals surface area contributed by atoms with E-state index in [1.807, 2.05) is 6.92 Å². The molecule has 1 amide bonds. The summed E-state index contributed by atoms with van der Waals surface area (Å²) in [7, 11) is 0. The molecule has 0 saturated heterocycles. The van der Waals surface area contributed by atoms with Gasteiger partial charge < -0.3 is 10.1 Å². The van der Waals surface area contributed by atoms with Crippen LogP contribution in [-0.2, 0) is 11.3 Å². The molecule has 124 valence electrons. The molecule has 1 aliphatic heterocycles. The van der Waals surface area contributed by atoms with Crippen LogP contribution in [0.1, 0.15) is 30.0 Å². The van der Waals surface area contributed by atoms with E-state index < -0.39 is 0 Å². The van der Waals surface area contributed by atoms with E-state index in [-0.39, 0.29) is 11.8 Å². The molecule has 7 heteroatoms. The summed E-state index contributed by atoms with van der Waals surface area (Å²) in [5.41, 5.74) is 1.59. The first-order chi connectivity index (χ1) is 11.6. The van der Waals surface area contributed by atoms with E-state index in [1.54, 1.807) is 28.9 Å². The zero-order valence-electron chi connectivity index (χ0n) is 13.3. The number of amides is 1. The van der Waals surface area contributed by atoms with Gasteiger partial charge >= 0.3 is 0 Å². The number of aryl methyl sites for hydroxylation is 2. The van der Waals surface area contributed by atoms with E-state index in [0.29, 0.717) is 42.6 Å². The molecule has 24 heavy (non-hydrogen) atoms. The number of rotatable bonds is 4. The quantitative estimate of drug-likeness (QED) is 0.923. The van der Waals surface area contributed by atoms with Crippen LogP contribution >= 0.6 is 11.6 Å². The van der Waals surface area contributed by atoms with E-state index >= 15 is 0 Å². The van der Waals surface area contributed by atoms with Crippen LogP contribution in [0, 0.1) is 18.3 Å². The van der Waals surface area contributed by atoms with E-state index in [2.05, 4.69) is 16.5 Å². The maximum Gasteiger partial charge on any atom is 0.233 e. The summed E-state index contributed by atoms with van der Waals surface area (Å²) in [6, 6.07) is 9.20. The molecule has 0 aliphatic carbocycles. The summed E-state index contributed by atoms with van der Waals surface area (Å²) in [4.78, 5) is 12.8. The number of carbonyl (C=O) groups excluding carboxylic acids is 1. The van der Waals surface area contributed by atoms with Crippen molar-refractivity contribution in [3.8, 4) is 11.8 Å². The molecule has 6 nitrogen and oxygen atoms in total. The third kappa shape index (κ3) is 3.36. The average molecular weight is 345 g/mol. The maximum atomic E-state index is 12.8. The highest BCUT2D eigenvalue weighted by molar-refractivity contribution is 6.30. The van der Waals surface area contributed by atoms with Crippen molar-refractivity contribution in [2.24, 2.45) is 0 Å². The molecule has 1 atom stereocenters. The van der Waals surface area contributed by atoms with Crippen molar-refractivity contribution < 1.29 is 9.53 Å². The zero-order chi connectivity index (χ0) is 17.1. The molecule has 3 rings (SSSR count). The summed E-state index contributed by atoms with van der Waals surface area (Å²) < 4.78 is 7.25. The van der Waals surface area contributed by atoms with Gasteiger partial charge in [0.25, 0.3) is 0 Å². The number of nitrogens with one attached hydrogen (secondary N) is 1. The standard InChI is InChI=1S/C17H17ClN4O2/c1-11-9-16(22(21-11)7-2-6-19)20-17(23)13-5-8-24-15-4-3-12(18)10-14(13)15/h3-4,9-10,13H,2,5,7-8H2,1H3,(H,20,23)/t13-/m0/s1. The topological polar surface area (TPSA) is 79.9 Å². The number of carbonyl (C=O) groups is 1. The van der Waals surface area contributed by atoms with E-state index in [9.17, 15) is 4.79 Å². The van der Waals surface area contributed by atoms with Gasteiger partial charge in [0, 0.05) is 16.7 Å². The van der Waals surface area contributed by atoms with Crippen molar-refractivity contribution in [3.05, 3.63) is 40.5 Å². The number of ether oxygens (including phenoxy) is 1. The lowest BCUT2D eigenvalue weighted by molar-refractivity contribution is -0.118. The second-order valence-electron chi connectivity index (χ2n) is 5.66. The Labute approximate surface area is 145 Å². The predicted octanol–water partition coefficient (Wildman–Crippen LogP) is 3.26. The van der Waals surface area contributed by atoms with Crippen molar-refractivity contribution in [2.45, 2.75) is 32.2 Å². The largest absolute Gasteiger partial charge is 0.493 e. The zero-order valence-corrected chi connectivity index (χ0v) is 14.0. The number of fused-ring (bicyclic) bond motifs is 1. The molecule has 1 N–H and O–H groups in total. The van der Waals surface area contributed by atoms with Crippen LogP contribution in [0.25, 0.3) is 0 Å². The Bertz CT molecular complexity index is 809. The number of benzene rings is 1. The van der Waals surface area contributed by atoms with Crippen molar-refractivity contribution in [3.63, 3.8) is 0 Å². The highest BCUT2D eigenvalue weighted by Gasteiger charge is 2.28. The second-order valence-corrected chi connectivity index (χ2v) is 6.10. The van der Waals surface area contributed by atoms with Gasteiger partial charge in [0.15, 0.2) is 0 Å². The fourth-order valence-corrected chi connectivity index (χ4v) is 3.00. The van der Waals surface area contributed by atoms with Gasteiger partial charge in [-0.3, -0.25) is 4.79 Å². The minimum Gasteiger partial charge on any atom is -0.493 e. The van der Waals surface area contributed by atoms with E-state index in [0.717, 1.165) is 11.3 Å². The number of anilines is 1. The summed E-state index contributed by atoms with van der Waals surface area (Å²) in [6.07, 6.45) is 0.921. The van der Waals surface area contributed by atoms with Crippen molar-refractivity contribution in [1.82, 2.24) is 9.78 Å². The highest BCUT2D eigenvalue weighted by Crippen LogP contribution is 2.36. The third-order valence-corrected chi connectivity index (χ3v) is 4.15. The number of nitriles is 1. The van der Waals surface area contributed by atoms with Crippen LogP contribution in [0.4, 0.5) is 5.82 Å². The first-order valence-electron chi connectivity index (χ1n) is 7.73. The molecular formula is C17H17ClN4O2. The molecule has 0 radical (unpaired) electrons. The van der Waals surface area contributed by atoms with Crippen LogP contribution in [0.2, 0.25) is 5.02 Å². The highest BCUT2D eigenvalue weighted by atomic mass is 35.5. The fourth-order valence-electron chi connectivity index (χ4n) is 2.82. The summed E-state index contributed by atoms with van der Waals surface area (Å²) >= 11 is 6.06. The number of nitrogens with zero attached hydrogens (tertiary/aromatic N) is 3. The van der Waals surface area contributed by atoms with Gasteiger partial charge in [-0.15, -0.1) is 0 Å². The van der Waals surface area contributed by atoms with E-state index in [4.69, 9.17) is 21.6 Å². The molecule has 1 aromatic carbocycles. The van der Waals surface area contributed by atoms with Crippen LogP contribution < -0.4 is 10.1 Å². The Balaban J connectivity index is 1.82. The molecular weight excluding hydrogens is 328 g/mol. The monoisotopic (exact) mass is 344 g/mol. The maximum absolute atomic E-state index is 12.8. The molecule has 1 aromatic heterocycles. The SMILES string of the molecule is Cc1cc(NC(=O)[C@H]2CCOc3ccc(Cl)cc32)n(CCC#N)n1. The molecule has 2 heterocycles. The lowest BCUT2D eigenvalue weighted by Gasteiger charge is -2.25. The number of hydrogen-bond donors (Lipinski definition) is 1. The molecule has 0 saturated carbocycles. The van der Waals surface area contributed by atoms with Crippen LogP contribution in [0.15, 0.2) is 24.3 Å². The van der Waals surface area contributed by atoms with Gasteiger partial charge in [-0.25, -0.2) is 4.68 Å². The van der Waals surface area contributed by atoms with Crippen molar-refractivity contribution in [2.75, 3.05) is 11.9 Å². The Morgan fingerprint density at radius 3 is 3.17 bits per heavy atom. The summed E-state index contributed by atoms with van der Waals surface area (Å²) in [5.74, 6) is 0.842. The normalized spacial score (nSPS) is 16.0. The Kier molecular flexibility index (Phi) is 4.72. The minimum atomic E-state index is -0.327. The lowest BCUT2D eigenvalue weighted by atomic mass is 9.92. The predicted molar refractivity (Wildman–Crippen MR) is 90.1 cm³/mol. The van der Waals surface area contributed by atoms with Gasteiger partial charge in [0.05, 0.1) is 37.3 Å². The first kappa shape index (κ1) is 16.3. The van der Waals surface area contributed by atoms with Crippen molar-refractivity contribution in [1.29, 1.82) is 5.26 Å². The molecule has 0 fully saturated rings. The lowest BCUT2D eigenvalue weighted by Crippen LogP contribution is -2.27. The van der Waals surface area contributed by atoms with Crippen LogP contribution in [-0.4, -0.2) is 22.3 Å². The molecule has 2 aromatic rings. The summed E-state index contributed by atoms with van der Waals surface area (Å²) in [6.45, 7) is 2.78. The smallest absolute Gasteiger partial charge is 0.233 e. The van der Waals surface area contributed by atoms with E-state index in [1.165, 1.54) is 0 Å². The number of aromatic nitrogens is 2. The van der Waals surface area contributed by atoms with Crippen LogP contribution in [0.5, 0.6) is 5.75 Å². The molecule has 0 unspecified atom stereocenters. The Hall–Kier alpha value is -2.52. The minimum absolute atomic E-state index is 0.125. The summed E-state index contributed by atoms with van der Waals surface area (Å²) in [5, 5.41) is 16.6. The second kappa shape index (κ2) is 6.93.